The van der Waals surface area contributed by atoms with Crippen LogP contribution < -0.4 is 0 Å². The minimum absolute atomic E-state index is 0.0782. The third-order valence-electron chi connectivity index (χ3n) is 8.92. The molecule has 8 aromatic rings. The van der Waals surface area contributed by atoms with E-state index in [1.54, 1.807) is 0 Å². The normalized spacial score (nSPS) is 12.1. The predicted molar refractivity (Wildman–Crippen MR) is 185 cm³/mol. The van der Waals surface area contributed by atoms with Crippen molar-refractivity contribution in [2.45, 2.75) is 26.2 Å². The third kappa shape index (κ3) is 4.07. The van der Waals surface area contributed by atoms with Gasteiger partial charge in [0.25, 0.3) is 0 Å². The Morgan fingerprint density at radius 1 is 0.395 bits per heavy atom. The lowest BCUT2D eigenvalue weighted by atomic mass is 9.82. The number of fused-ring (bicyclic) bond motifs is 5. The van der Waals surface area contributed by atoms with Gasteiger partial charge in [-0.05, 0) is 79.0 Å². The van der Waals surface area contributed by atoms with Crippen molar-refractivity contribution in [3.05, 3.63) is 151 Å². The van der Waals surface area contributed by atoms with Gasteiger partial charge in [-0.2, -0.15) is 0 Å². The summed E-state index contributed by atoms with van der Waals surface area (Å²) < 4.78 is 2.41. The number of hydrogen-bond donors (Lipinski definition) is 0. The molecule has 0 amide bonds. The molecule has 7 aromatic carbocycles. The second-order valence-electron chi connectivity index (χ2n) is 12.6. The fourth-order valence-corrected chi connectivity index (χ4v) is 6.89. The zero-order valence-corrected chi connectivity index (χ0v) is 24.8. The van der Waals surface area contributed by atoms with Crippen LogP contribution in [0.5, 0.6) is 0 Å². The van der Waals surface area contributed by atoms with E-state index in [1.165, 1.54) is 76.9 Å². The number of rotatable bonds is 3. The highest BCUT2D eigenvalue weighted by Gasteiger charge is 2.20. The van der Waals surface area contributed by atoms with E-state index < -0.39 is 0 Å². The fraction of sp³-hybridized carbons (Fsp3) is 0.0952. The maximum Gasteiger partial charge on any atom is 0.0541 e. The standard InChI is InChI=1S/C42H33N/c1-42(2,3)30-16-12-14-28(26-30)40-34-20-4-6-22-36(34)41(37-23-7-5-21-35(37)40)29-15-13-17-31(27-29)43-38-24-10-8-18-32(38)33-19-9-11-25-39(33)43/h4-27H,1-3H3. The van der Waals surface area contributed by atoms with Gasteiger partial charge in [0.2, 0.25) is 0 Å². The Morgan fingerprint density at radius 3 is 1.30 bits per heavy atom. The smallest absolute Gasteiger partial charge is 0.0541 e. The first-order valence-electron chi connectivity index (χ1n) is 15.1. The fourth-order valence-electron chi connectivity index (χ4n) is 6.89. The molecule has 0 fully saturated rings. The molecule has 0 aliphatic heterocycles. The molecule has 0 aliphatic carbocycles. The van der Waals surface area contributed by atoms with Crippen molar-refractivity contribution in [2.75, 3.05) is 0 Å². The van der Waals surface area contributed by atoms with E-state index >= 15 is 0 Å². The molecule has 0 atom stereocenters. The van der Waals surface area contributed by atoms with E-state index in [0.29, 0.717) is 0 Å². The zero-order chi connectivity index (χ0) is 29.1. The van der Waals surface area contributed by atoms with Gasteiger partial charge in [0.1, 0.15) is 0 Å². The van der Waals surface area contributed by atoms with E-state index in [-0.39, 0.29) is 5.41 Å². The van der Waals surface area contributed by atoms with Crippen LogP contribution in [0.2, 0.25) is 0 Å². The lowest BCUT2D eigenvalue weighted by molar-refractivity contribution is 0.590. The van der Waals surface area contributed by atoms with Crippen molar-refractivity contribution in [3.63, 3.8) is 0 Å². The molecule has 0 N–H and O–H groups in total. The molecule has 43 heavy (non-hydrogen) atoms. The summed E-state index contributed by atoms with van der Waals surface area (Å²) >= 11 is 0. The van der Waals surface area contributed by atoms with Gasteiger partial charge in [0.05, 0.1) is 11.0 Å². The summed E-state index contributed by atoms with van der Waals surface area (Å²) in [7, 11) is 0. The molecule has 0 bridgehead atoms. The van der Waals surface area contributed by atoms with Crippen molar-refractivity contribution >= 4 is 43.4 Å². The SMILES string of the molecule is CC(C)(C)c1cccc(-c2c3ccccc3c(-c3cccc(-n4c5ccccc5c5ccccc54)c3)c3ccccc23)c1. The molecule has 0 saturated heterocycles. The lowest BCUT2D eigenvalue weighted by Crippen LogP contribution is -2.10. The Balaban J connectivity index is 1.42. The van der Waals surface area contributed by atoms with Gasteiger partial charge in [-0.15, -0.1) is 0 Å². The Morgan fingerprint density at radius 2 is 0.814 bits per heavy atom. The van der Waals surface area contributed by atoms with Crippen molar-refractivity contribution in [1.82, 2.24) is 4.57 Å². The number of benzene rings is 7. The molecule has 0 unspecified atom stereocenters. The van der Waals surface area contributed by atoms with Crippen molar-refractivity contribution < 1.29 is 0 Å². The highest BCUT2D eigenvalue weighted by Crippen LogP contribution is 2.44. The van der Waals surface area contributed by atoms with Crippen LogP contribution in [0.25, 0.3) is 71.3 Å². The number of hydrogen-bond acceptors (Lipinski definition) is 0. The Labute approximate surface area is 252 Å². The van der Waals surface area contributed by atoms with Crippen molar-refractivity contribution in [3.8, 4) is 27.9 Å². The Kier molecular flexibility index (Phi) is 5.77. The molecule has 1 heterocycles. The quantitative estimate of drug-likeness (QED) is 0.192. The minimum Gasteiger partial charge on any atom is -0.309 e. The van der Waals surface area contributed by atoms with Crippen molar-refractivity contribution in [1.29, 1.82) is 0 Å². The highest BCUT2D eigenvalue weighted by atomic mass is 15.0. The summed E-state index contributed by atoms with van der Waals surface area (Å²) in [5.41, 5.74) is 10.1. The first kappa shape index (κ1) is 25.6. The maximum atomic E-state index is 2.41. The van der Waals surface area contributed by atoms with E-state index in [1.807, 2.05) is 0 Å². The van der Waals surface area contributed by atoms with Crippen LogP contribution in [0.3, 0.4) is 0 Å². The van der Waals surface area contributed by atoms with Crippen LogP contribution >= 0.6 is 0 Å². The molecular weight excluding hydrogens is 518 g/mol. The van der Waals surface area contributed by atoms with Crippen molar-refractivity contribution in [2.24, 2.45) is 0 Å². The molecule has 0 saturated carbocycles. The van der Waals surface area contributed by atoms with Gasteiger partial charge in [-0.25, -0.2) is 0 Å². The molecular formula is C42H33N. The average molecular weight is 552 g/mol. The average Bonchev–Trinajstić information content (AvgIpc) is 3.38. The van der Waals surface area contributed by atoms with Gasteiger partial charge in [-0.3, -0.25) is 0 Å². The molecule has 0 aliphatic rings. The largest absolute Gasteiger partial charge is 0.309 e. The Bertz CT molecular complexity index is 2220. The molecule has 8 rings (SSSR count). The third-order valence-corrected chi connectivity index (χ3v) is 8.92. The van der Waals surface area contributed by atoms with Crippen LogP contribution in [0.15, 0.2) is 146 Å². The summed E-state index contributed by atoms with van der Waals surface area (Å²) in [4.78, 5) is 0. The molecule has 1 nitrogen and oxygen atoms in total. The Hall–Kier alpha value is -5.14. The van der Waals surface area contributed by atoms with Gasteiger partial charge in [0, 0.05) is 16.5 Å². The molecule has 0 radical (unpaired) electrons. The topological polar surface area (TPSA) is 4.93 Å². The number of aromatic nitrogens is 1. The van der Waals surface area contributed by atoms with Crippen LogP contribution in [0.4, 0.5) is 0 Å². The summed E-state index contributed by atoms with van der Waals surface area (Å²) in [5.74, 6) is 0. The monoisotopic (exact) mass is 551 g/mol. The summed E-state index contributed by atoms with van der Waals surface area (Å²) in [6, 6.07) is 53.5. The molecule has 1 aromatic heterocycles. The van der Waals surface area contributed by atoms with Crippen LogP contribution in [0, 0.1) is 0 Å². The lowest BCUT2D eigenvalue weighted by Gasteiger charge is -2.22. The molecule has 0 spiro atoms. The zero-order valence-electron chi connectivity index (χ0n) is 24.8. The number of para-hydroxylation sites is 2. The van der Waals surface area contributed by atoms with E-state index in [0.717, 1.165) is 0 Å². The minimum atomic E-state index is 0.0782. The van der Waals surface area contributed by atoms with Gasteiger partial charge >= 0.3 is 0 Å². The van der Waals surface area contributed by atoms with Crippen LogP contribution in [0.1, 0.15) is 26.3 Å². The summed E-state index contributed by atoms with van der Waals surface area (Å²) in [6.45, 7) is 6.86. The summed E-state index contributed by atoms with van der Waals surface area (Å²) in [5, 5.41) is 7.67. The summed E-state index contributed by atoms with van der Waals surface area (Å²) in [6.07, 6.45) is 0. The first-order valence-corrected chi connectivity index (χ1v) is 15.1. The first-order chi connectivity index (χ1) is 21.0. The molecule has 1 heteroatoms. The molecule has 206 valence electrons. The van der Waals surface area contributed by atoms with E-state index in [2.05, 4.69) is 171 Å². The van der Waals surface area contributed by atoms with Crippen LogP contribution in [-0.4, -0.2) is 4.57 Å². The maximum absolute atomic E-state index is 2.41. The van der Waals surface area contributed by atoms with Crippen LogP contribution in [-0.2, 0) is 5.41 Å². The second kappa shape index (κ2) is 9.71. The predicted octanol–water partition coefficient (Wildman–Crippen LogP) is 11.7. The highest BCUT2D eigenvalue weighted by molar-refractivity contribution is 6.21. The van der Waals surface area contributed by atoms with E-state index in [4.69, 9.17) is 0 Å². The number of nitrogens with zero attached hydrogens (tertiary/aromatic N) is 1. The van der Waals surface area contributed by atoms with E-state index in [9.17, 15) is 0 Å². The van der Waals surface area contributed by atoms with Gasteiger partial charge < -0.3 is 4.57 Å². The second-order valence-corrected chi connectivity index (χ2v) is 12.6. The van der Waals surface area contributed by atoms with Gasteiger partial charge in [0.15, 0.2) is 0 Å². The van der Waals surface area contributed by atoms with Gasteiger partial charge in [-0.1, -0.05) is 142 Å².